The molecule has 0 spiro atoms. The minimum atomic E-state index is -0.572. The molecule has 2 rings (SSSR count). The van der Waals surface area contributed by atoms with Crippen LogP contribution in [0.3, 0.4) is 0 Å². The van der Waals surface area contributed by atoms with Crippen molar-refractivity contribution in [3.63, 3.8) is 0 Å². The Labute approximate surface area is 86.6 Å². The summed E-state index contributed by atoms with van der Waals surface area (Å²) in [5.41, 5.74) is 6.58. The number of primary amides is 1. The molecule has 0 bridgehead atoms. The van der Waals surface area contributed by atoms with Crippen LogP contribution in [-0.4, -0.2) is 17.9 Å². The number of hydrogen-bond acceptors (Lipinski definition) is 3. The van der Waals surface area contributed by atoms with Crippen LogP contribution in [0.1, 0.15) is 6.42 Å². The molecule has 0 radical (unpaired) electrons. The van der Waals surface area contributed by atoms with Crippen LogP contribution in [0.25, 0.3) is 0 Å². The standard InChI is InChI=1S/C10H11N3O2/c11-9(14)5-8-10(15)13-7-4-2-1-3-6(7)12-8/h1-4,8,12H,5H2,(H2,11,14)(H,13,15). The van der Waals surface area contributed by atoms with Gasteiger partial charge in [-0.1, -0.05) is 12.1 Å². The third-order valence-corrected chi connectivity index (χ3v) is 2.24. The number of rotatable bonds is 2. The van der Waals surface area contributed by atoms with Crippen LogP contribution in [0.5, 0.6) is 0 Å². The normalized spacial score (nSPS) is 18.7. The first-order valence-corrected chi connectivity index (χ1v) is 4.61. The zero-order valence-corrected chi connectivity index (χ0v) is 7.99. The lowest BCUT2D eigenvalue weighted by Gasteiger charge is -2.25. The molecule has 1 aromatic carbocycles. The second kappa shape index (κ2) is 3.61. The van der Waals surface area contributed by atoms with Gasteiger partial charge in [0, 0.05) is 0 Å². The highest BCUT2D eigenvalue weighted by molar-refractivity contribution is 6.04. The number of carbonyl (C=O) groups is 2. The van der Waals surface area contributed by atoms with Gasteiger partial charge >= 0.3 is 0 Å². The van der Waals surface area contributed by atoms with Crippen molar-refractivity contribution < 1.29 is 9.59 Å². The average molecular weight is 205 g/mol. The number of carbonyl (C=O) groups excluding carboxylic acids is 2. The molecule has 78 valence electrons. The molecule has 2 amide bonds. The summed E-state index contributed by atoms with van der Waals surface area (Å²) in [5, 5.41) is 5.67. The van der Waals surface area contributed by atoms with Crippen LogP contribution >= 0.6 is 0 Å². The number of para-hydroxylation sites is 2. The highest BCUT2D eigenvalue weighted by Gasteiger charge is 2.26. The van der Waals surface area contributed by atoms with Gasteiger partial charge in [0.1, 0.15) is 6.04 Å². The summed E-state index contributed by atoms with van der Waals surface area (Å²) >= 11 is 0. The fraction of sp³-hybridized carbons (Fsp3) is 0.200. The molecule has 5 nitrogen and oxygen atoms in total. The predicted octanol–water partition coefficient (Wildman–Crippen LogP) is 0.295. The maximum absolute atomic E-state index is 11.5. The largest absolute Gasteiger partial charge is 0.372 e. The van der Waals surface area contributed by atoms with Gasteiger partial charge in [-0.2, -0.15) is 0 Å². The van der Waals surface area contributed by atoms with Gasteiger partial charge in [0.05, 0.1) is 17.8 Å². The molecule has 1 atom stereocenters. The van der Waals surface area contributed by atoms with Crippen LogP contribution in [0.2, 0.25) is 0 Å². The van der Waals surface area contributed by atoms with Crippen molar-refractivity contribution in [2.45, 2.75) is 12.5 Å². The van der Waals surface area contributed by atoms with Crippen molar-refractivity contribution >= 4 is 23.2 Å². The minimum Gasteiger partial charge on any atom is -0.372 e. The number of nitrogens with one attached hydrogen (secondary N) is 2. The Hall–Kier alpha value is -2.04. The average Bonchev–Trinajstić information content (AvgIpc) is 2.18. The lowest BCUT2D eigenvalue weighted by molar-refractivity contribution is -0.123. The summed E-state index contributed by atoms with van der Waals surface area (Å²) in [5.74, 6) is -0.727. The van der Waals surface area contributed by atoms with E-state index in [9.17, 15) is 9.59 Å². The van der Waals surface area contributed by atoms with Gasteiger partial charge in [-0.25, -0.2) is 0 Å². The van der Waals surface area contributed by atoms with Gasteiger partial charge in [0.15, 0.2) is 0 Å². The van der Waals surface area contributed by atoms with Crippen molar-refractivity contribution in [3.8, 4) is 0 Å². The van der Waals surface area contributed by atoms with Crippen molar-refractivity contribution in [2.24, 2.45) is 5.73 Å². The number of anilines is 2. The highest BCUT2D eigenvalue weighted by Crippen LogP contribution is 2.26. The second-order valence-electron chi connectivity index (χ2n) is 3.40. The number of nitrogens with two attached hydrogens (primary N) is 1. The van der Waals surface area contributed by atoms with Crippen molar-refractivity contribution in [2.75, 3.05) is 10.6 Å². The summed E-state index contributed by atoms with van der Waals surface area (Å²) in [6.07, 6.45) is 0.000166. The van der Waals surface area contributed by atoms with E-state index in [1.54, 1.807) is 6.07 Å². The predicted molar refractivity (Wildman–Crippen MR) is 56.3 cm³/mol. The van der Waals surface area contributed by atoms with E-state index in [2.05, 4.69) is 10.6 Å². The van der Waals surface area contributed by atoms with Crippen molar-refractivity contribution in [1.82, 2.24) is 0 Å². The summed E-state index contributed by atoms with van der Waals surface area (Å²) in [6.45, 7) is 0. The smallest absolute Gasteiger partial charge is 0.247 e. The lowest BCUT2D eigenvalue weighted by atomic mass is 10.1. The van der Waals surface area contributed by atoms with Crippen molar-refractivity contribution in [3.05, 3.63) is 24.3 Å². The molecule has 1 heterocycles. The van der Waals surface area contributed by atoms with E-state index in [0.29, 0.717) is 0 Å². The SMILES string of the molecule is NC(=O)CC1Nc2ccccc2NC1=O. The monoisotopic (exact) mass is 205 g/mol. The molecule has 15 heavy (non-hydrogen) atoms. The van der Waals surface area contributed by atoms with E-state index >= 15 is 0 Å². The van der Waals surface area contributed by atoms with Crippen molar-refractivity contribution in [1.29, 1.82) is 0 Å². The molecule has 0 fully saturated rings. The van der Waals surface area contributed by atoms with Gasteiger partial charge in [-0.15, -0.1) is 0 Å². The van der Waals surface area contributed by atoms with E-state index in [0.717, 1.165) is 11.4 Å². The first-order chi connectivity index (χ1) is 7.16. The molecular weight excluding hydrogens is 194 g/mol. The Morgan fingerprint density at radius 3 is 2.67 bits per heavy atom. The number of benzene rings is 1. The van der Waals surface area contributed by atoms with E-state index < -0.39 is 11.9 Å². The number of hydrogen-bond donors (Lipinski definition) is 3. The van der Waals surface area contributed by atoms with E-state index in [1.165, 1.54) is 0 Å². The van der Waals surface area contributed by atoms with E-state index in [-0.39, 0.29) is 12.3 Å². The molecule has 1 aliphatic heterocycles. The molecule has 0 aromatic heterocycles. The third kappa shape index (κ3) is 1.90. The Morgan fingerprint density at radius 2 is 2.00 bits per heavy atom. The molecular formula is C10H11N3O2. The quantitative estimate of drug-likeness (QED) is 0.649. The second-order valence-corrected chi connectivity index (χ2v) is 3.40. The van der Waals surface area contributed by atoms with Gasteiger partial charge in [0.2, 0.25) is 11.8 Å². The Balaban J connectivity index is 2.22. The van der Waals surface area contributed by atoms with Gasteiger partial charge in [-0.3, -0.25) is 9.59 Å². The van der Waals surface area contributed by atoms with Gasteiger partial charge < -0.3 is 16.4 Å². The Bertz CT molecular complexity index is 417. The molecule has 4 N–H and O–H groups in total. The van der Waals surface area contributed by atoms with Crippen LogP contribution in [-0.2, 0) is 9.59 Å². The molecule has 1 aliphatic rings. The lowest BCUT2D eigenvalue weighted by Crippen LogP contribution is -2.41. The van der Waals surface area contributed by atoms with Crippen LogP contribution in [0.15, 0.2) is 24.3 Å². The summed E-state index contributed by atoms with van der Waals surface area (Å²) in [6, 6.07) is 6.74. The fourth-order valence-electron chi connectivity index (χ4n) is 1.54. The van der Waals surface area contributed by atoms with E-state index in [1.807, 2.05) is 18.2 Å². The number of fused-ring (bicyclic) bond motifs is 1. The molecule has 0 saturated heterocycles. The molecule has 0 aliphatic carbocycles. The zero-order valence-electron chi connectivity index (χ0n) is 7.99. The van der Waals surface area contributed by atoms with Gasteiger partial charge in [0.25, 0.3) is 0 Å². The maximum atomic E-state index is 11.5. The van der Waals surface area contributed by atoms with Crippen LogP contribution in [0.4, 0.5) is 11.4 Å². The summed E-state index contributed by atoms with van der Waals surface area (Å²) in [4.78, 5) is 22.2. The zero-order chi connectivity index (χ0) is 10.8. The maximum Gasteiger partial charge on any atom is 0.247 e. The van der Waals surface area contributed by atoms with E-state index in [4.69, 9.17) is 5.73 Å². The van der Waals surface area contributed by atoms with Gasteiger partial charge in [-0.05, 0) is 12.1 Å². The highest BCUT2D eigenvalue weighted by atomic mass is 16.2. The molecule has 0 saturated carbocycles. The fourth-order valence-corrected chi connectivity index (χ4v) is 1.54. The number of amides is 2. The van der Waals surface area contributed by atoms with Crippen LogP contribution < -0.4 is 16.4 Å². The van der Waals surface area contributed by atoms with Crippen LogP contribution in [0, 0.1) is 0 Å². The molecule has 5 heteroatoms. The third-order valence-electron chi connectivity index (χ3n) is 2.24. The topological polar surface area (TPSA) is 84.2 Å². The first kappa shape index (κ1) is 9.51. The molecule has 1 unspecified atom stereocenters. The summed E-state index contributed by atoms with van der Waals surface area (Å²) < 4.78 is 0. The molecule has 1 aromatic rings. The summed E-state index contributed by atoms with van der Waals surface area (Å²) in [7, 11) is 0. The first-order valence-electron chi connectivity index (χ1n) is 4.61. The Morgan fingerprint density at radius 1 is 1.33 bits per heavy atom. The Kier molecular flexibility index (Phi) is 2.29. The minimum absolute atomic E-state index is 0.000166.